The number of aryl methyl sites for hydroxylation is 2. The highest BCUT2D eigenvalue weighted by atomic mass is 32.2. The fourth-order valence-corrected chi connectivity index (χ4v) is 3.91. The predicted octanol–water partition coefficient (Wildman–Crippen LogP) is 4.97. The summed E-state index contributed by atoms with van der Waals surface area (Å²) in [4.78, 5) is 0. The molecule has 4 aromatic rings. The maximum Gasteiger partial charge on any atom is 0.196 e. The molecule has 0 spiro atoms. The Labute approximate surface area is 160 Å². The fourth-order valence-electron chi connectivity index (χ4n) is 2.80. The molecule has 0 fully saturated rings. The molecule has 2 aromatic carbocycles. The number of hydrogen-bond acceptors (Lipinski definition) is 5. The zero-order valence-corrected chi connectivity index (χ0v) is 15.7. The van der Waals surface area contributed by atoms with E-state index in [1.54, 1.807) is 23.9 Å². The summed E-state index contributed by atoms with van der Waals surface area (Å²) >= 11 is 1.56. The zero-order valence-electron chi connectivity index (χ0n) is 14.9. The van der Waals surface area contributed by atoms with E-state index >= 15 is 0 Å². The molecule has 0 aliphatic heterocycles. The molecule has 0 atom stereocenters. The van der Waals surface area contributed by atoms with Crippen LogP contribution in [0.2, 0.25) is 0 Å². The molecule has 0 saturated carbocycles. The van der Waals surface area contributed by atoms with Crippen molar-refractivity contribution in [2.75, 3.05) is 0 Å². The van der Waals surface area contributed by atoms with Gasteiger partial charge in [0, 0.05) is 22.6 Å². The molecular weight excluding hydrogens is 363 g/mol. The first-order valence-corrected chi connectivity index (χ1v) is 9.43. The summed E-state index contributed by atoms with van der Waals surface area (Å²) in [5.74, 6) is 1.87. The SMILES string of the molecule is Cc1noc(C)c1CSc1nnc(-c2ccc(F)cc2)n1-c1ccccc1. The Hall–Kier alpha value is -2.93. The standard InChI is InChI=1S/C20H17FN4OS/c1-13-18(14(2)26-24-13)12-27-20-23-22-19(15-8-10-16(21)11-9-15)25(20)17-6-4-3-5-7-17/h3-11H,12H2,1-2H3. The van der Waals surface area contributed by atoms with Crippen molar-refractivity contribution in [3.8, 4) is 17.1 Å². The topological polar surface area (TPSA) is 56.7 Å². The van der Waals surface area contributed by atoms with Crippen LogP contribution in [0.1, 0.15) is 17.0 Å². The molecule has 27 heavy (non-hydrogen) atoms. The highest BCUT2D eigenvalue weighted by Gasteiger charge is 2.18. The van der Waals surface area contributed by atoms with Gasteiger partial charge in [-0.1, -0.05) is 35.1 Å². The molecule has 0 aliphatic carbocycles. The van der Waals surface area contributed by atoms with Crippen molar-refractivity contribution in [3.63, 3.8) is 0 Å². The summed E-state index contributed by atoms with van der Waals surface area (Å²) < 4.78 is 20.5. The molecule has 0 unspecified atom stereocenters. The van der Waals surface area contributed by atoms with Crippen molar-refractivity contribution in [3.05, 3.63) is 77.4 Å². The van der Waals surface area contributed by atoms with Gasteiger partial charge in [0.1, 0.15) is 11.6 Å². The van der Waals surface area contributed by atoms with Crippen LogP contribution in [-0.2, 0) is 5.75 Å². The number of para-hydroxylation sites is 1. The molecule has 2 heterocycles. The van der Waals surface area contributed by atoms with E-state index in [4.69, 9.17) is 4.52 Å². The van der Waals surface area contributed by atoms with Gasteiger partial charge in [-0.3, -0.25) is 4.57 Å². The Bertz CT molecular complexity index is 1040. The second kappa shape index (κ2) is 7.36. The smallest absolute Gasteiger partial charge is 0.196 e. The van der Waals surface area contributed by atoms with Gasteiger partial charge in [0.05, 0.1) is 5.69 Å². The van der Waals surface area contributed by atoms with Crippen molar-refractivity contribution < 1.29 is 8.91 Å². The quantitative estimate of drug-likeness (QED) is 0.458. The summed E-state index contributed by atoms with van der Waals surface area (Å²) in [6, 6.07) is 16.2. The van der Waals surface area contributed by atoms with Gasteiger partial charge in [-0.15, -0.1) is 10.2 Å². The van der Waals surface area contributed by atoms with Gasteiger partial charge in [-0.05, 0) is 50.2 Å². The highest BCUT2D eigenvalue weighted by Crippen LogP contribution is 2.31. The van der Waals surface area contributed by atoms with Crippen molar-refractivity contribution in [1.82, 2.24) is 19.9 Å². The van der Waals surface area contributed by atoms with Crippen LogP contribution in [0, 0.1) is 19.7 Å². The van der Waals surface area contributed by atoms with Crippen LogP contribution in [0.4, 0.5) is 4.39 Å². The number of nitrogens with zero attached hydrogens (tertiary/aromatic N) is 4. The first-order chi connectivity index (χ1) is 13.1. The van der Waals surface area contributed by atoms with E-state index in [0.29, 0.717) is 11.6 Å². The summed E-state index contributed by atoms with van der Waals surface area (Å²) in [7, 11) is 0. The minimum atomic E-state index is -0.280. The Morgan fingerprint density at radius 2 is 1.74 bits per heavy atom. The Kier molecular flexibility index (Phi) is 4.77. The van der Waals surface area contributed by atoms with Crippen molar-refractivity contribution in [2.45, 2.75) is 24.8 Å². The van der Waals surface area contributed by atoms with Gasteiger partial charge < -0.3 is 4.52 Å². The first kappa shape index (κ1) is 17.5. The van der Waals surface area contributed by atoms with E-state index in [-0.39, 0.29) is 5.82 Å². The molecule has 5 nitrogen and oxygen atoms in total. The third-order valence-corrected chi connectivity index (χ3v) is 5.23. The van der Waals surface area contributed by atoms with E-state index in [1.165, 1.54) is 12.1 Å². The highest BCUT2D eigenvalue weighted by molar-refractivity contribution is 7.98. The average molecular weight is 380 g/mol. The number of hydrogen-bond donors (Lipinski definition) is 0. The summed E-state index contributed by atoms with van der Waals surface area (Å²) in [5, 5.41) is 13.5. The largest absolute Gasteiger partial charge is 0.361 e. The monoisotopic (exact) mass is 380 g/mol. The van der Waals surface area contributed by atoms with Crippen LogP contribution in [0.5, 0.6) is 0 Å². The molecule has 4 rings (SSSR count). The molecule has 0 amide bonds. The number of benzene rings is 2. The normalized spacial score (nSPS) is 11.1. The minimum absolute atomic E-state index is 0.280. The third-order valence-electron chi connectivity index (χ3n) is 4.28. The molecule has 2 aromatic heterocycles. The van der Waals surface area contributed by atoms with E-state index < -0.39 is 0 Å². The maximum atomic E-state index is 13.3. The van der Waals surface area contributed by atoms with Gasteiger partial charge in [-0.2, -0.15) is 0 Å². The van der Waals surface area contributed by atoms with Crippen molar-refractivity contribution >= 4 is 11.8 Å². The second-order valence-electron chi connectivity index (χ2n) is 6.08. The predicted molar refractivity (Wildman–Crippen MR) is 102 cm³/mol. The number of thioether (sulfide) groups is 1. The van der Waals surface area contributed by atoms with E-state index in [1.807, 2.05) is 48.7 Å². The lowest BCUT2D eigenvalue weighted by molar-refractivity contribution is 0.392. The molecule has 136 valence electrons. The maximum absolute atomic E-state index is 13.3. The van der Waals surface area contributed by atoms with Gasteiger partial charge in [0.25, 0.3) is 0 Å². The van der Waals surface area contributed by atoms with Crippen LogP contribution < -0.4 is 0 Å². The Balaban J connectivity index is 1.74. The molecule has 0 N–H and O–H groups in total. The zero-order chi connectivity index (χ0) is 18.8. The number of rotatable bonds is 5. The Morgan fingerprint density at radius 3 is 2.41 bits per heavy atom. The molecule has 7 heteroatoms. The average Bonchev–Trinajstić information content (AvgIpc) is 3.25. The molecular formula is C20H17FN4OS. The van der Waals surface area contributed by atoms with E-state index in [0.717, 1.165) is 33.4 Å². The number of aromatic nitrogens is 4. The van der Waals surface area contributed by atoms with E-state index in [9.17, 15) is 4.39 Å². The fraction of sp³-hybridized carbons (Fsp3) is 0.150. The lowest BCUT2D eigenvalue weighted by Crippen LogP contribution is -2.00. The second-order valence-corrected chi connectivity index (χ2v) is 7.02. The minimum Gasteiger partial charge on any atom is -0.361 e. The van der Waals surface area contributed by atoms with Gasteiger partial charge in [-0.25, -0.2) is 4.39 Å². The number of halogens is 1. The van der Waals surface area contributed by atoms with Crippen LogP contribution in [0.15, 0.2) is 64.3 Å². The van der Waals surface area contributed by atoms with Crippen LogP contribution in [-0.4, -0.2) is 19.9 Å². The van der Waals surface area contributed by atoms with Crippen LogP contribution >= 0.6 is 11.8 Å². The Morgan fingerprint density at radius 1 is 1.00 bits per heavy atom. The molecule has 0 saturated heterocycles. The van der Waals surface area contributed by atoms with Gasteiger partial charge >= 0.3 is 0 Å². The van der Waals surface area contributed by atoms with Crippen LogP contribution in [0.25, 0.3) is 17.1 Å². The summed E-state index contributed by atoms with van der Waals surface area (Å²) in [5.41, 5.74) is 3.69. The lowest BCUT2D eigenvalue weighted by atomic mass is 10.2. The molecule has 0 bridgehead atoms. The van der Waals surface area contributed by atoms with Gasteiger partial charge in [0.2, 0.25) is 0 Å². The van der Waals surface area contributed by atoms with Crippen LogP contribution in [0.3, 0.4) is 0 Å². The molecule has 0 radical (unpaired) electrons. The third kappa shape index (κ3) is 3.50. The first-order valence-electron chi connectivity index (χ1n) is 8.45. The summed E-state index contributed by atoms with van der Waals surface area (Å²) in [6.07, 6.45) is 0. The van der Waals surface area contributed by atoms with Crippen molar-refractivity contribution in [2.24, 2.45) is 0 Å². The summed E-state index contributed by atoms with van der Waals surface area (Å²) in [6.45, 7) is 3.83. The van der Waals surface area contributed by atoms with Gasteiger partial charge in [0.15, 0.2) is 11.0 Å². The van der Waals surface area contributed by atoms with Crippen molar-refractivity contribution in [1.29, 1.82) is 0 Å². The molecule has 0 aliphatic rings. The lowest BCUT2D eigenvalue weighted by Gasteiger charge is -2.10. The van der Waals surface area contributed by atoms with E-state index in [2.05, 4.69) is 15.4 Å².